The van der Waals surface area contributed by atoms with Crippen LogP contribution in [0.4, 0.5) is 0 Å². The number of hydrogen-bond acceptors (Lipinski definition) is 9. The predicted molar refractivity (Wildman–Crippen MR) is 211 cm³/mol. The number of pyridine rings is 1. The first-order valence-electron chi connectivity index (χ1n) is 18.0. The molecule has 0 fully saturated rings. The molecule has 0 aliphatic carbocycles. The Bertz CT molecular complexity index is 1660. The second-order valence-corrected chi connectivity index (χ2v) is 14.3. The van der Waals surface area contributed by atoms with Crippen LogP contribution in [-0.2, 0) is 0 Å². The van der Waals surface area contributed by atoms with Crippen LogP contribution in [-0.4, -0.2) is 44.9 Å². The summed E-state index contributed by atoms with van der Waals surface area (Å²) in [6.07, 6.45) is 10.9. The average molecular weight is 694 g/mol. The van der Waals surface area contributed by atoms with E-state index in [9.17, 15) is 0 Å². The predicted octanol–water partition coefficient (Wildman–Crippen LogP) is 10.5. The summed E-state index contributed by atoms with van der Waals surface area (Å²) in [6, 6.07) is 7.99. The summed E-state index contributed by atoms with van der Waals surface area (Å²) in [5.74, 6) is 5.96. The molecule has 0 N–H and O–H groups in total. The fourth-order valence-electron chi connectivity index (χ4n) is 4.05. The molecule has 0 unspecified atom stereocenters. The van der Waals surface area contributed by atoms with Gasteiger partial charge in [-0.25, -0.2) is 39.9 Å². The van der Waals surface area contributed by atoms with Crippen molar-refractivity contribution in [3.63, 3.8) is 0 Å². The zero-order chi connectivity index (χ0) is 38.7. The van der Waals surface area contributed by atoms with Crippen molar-refractivity contribution in [2.45, 2.75) is 140 Å². The minimum Gasteiger partial charge on any atom is -0.258 e. The van der Waals surface area contributed by atoms with E-state index in [0.717, 1.165) is 51.5 Å². The van der Waals surface area contributed by atoms with E-state index in [-0.39, 0.29) is 0 Å². The molecule has 0 saturated carbocycles. The summed E-state index contributed by atoms with van der Waals surface area (Å²) in [7, 11) is 0. The third-order valence-electron chi connectivity index (χ3n) is 7.22. The monoisotopic (exact) mass is 694 g/mol. The van der Waals surface area contributed by atoms with Gasteiger partial charge in [-0.05, 0) is 88.4 Å². The fourth-order valence-corrected chi connectivity index (χ4v) is 4.05. The van der Waals surface area contributed by atoms with Crippen LogP contribution >= 0.6 is 0 Å². The average Bonchev–Trinajstić information content (AvgIpc) is 3.07. The van der Waals surface area contributed by atoms with Gasteiger partial charge in [0.25, 0.3) is 0 Å². The van der Waals surface area contributed by atoms with E-state index in [4.69, 9.17) is 0 Å². The Labute approximate surface area is 308 Å². The second kappa shape index (κ2) is 23.0. The zero-order valence-electron chi connectivity index (χ0n) is 34.2. The lowest BCUT2D eigenvalue weighted by Crippen LogP contribution is -1.99. The van der Waals surface area contributed by atoms with E-state index in [1.165, 1.54) is 11.3 Å². The van der Waals surface area contributed by atoms with Crippen molar-refractivity contribution in [2.24, 2.45) is 0 Å². The Morgan fingerprint density at radius 1 is 0.412 bits per heavy atom. The van der Waals surface area contributed by atoms with Crippen molar-refractivity contribution >= 4 is 0 Å². The first-order chi connectivity index (χ1) is 23.9. The number of hydrogen-bond donors (Lipinski definition) is 0. The Kier molecular flexibility index (Phi) is 20.1. The Balaban J connectivity index is 0.000000319. The van der Waals surface area contributed by atoms with E-state index in [0.29, 0.717) is 29.6 Å². The van der Waals surface area contributed by atoms with Gasteiger partial charge in [-0.1, -0.05) is 69.2 Å². The molecule has 9 nitrogen and oxygen atoms in total. The van der Waals surface area contributed by atoms with Gasteiger partial charge in [-0.2, -0.15) is 0 Å². The van der Waals surface area contributed by atoms with Crippen molar-refractivity contribution in [3.8, 4) is 0 Å². The van der Waals surface area contributed by atoms with Gasteiger partial charge in [0, 0.05) is 83.6 Å². The van der Waals surface area contributed by atoms with E-state index in [1.807, 2.05) is 65.3 Å². The summed E-state index contributed by atoms with van der Waals surface area (Å²) in [5.41, 5.74) is 8.03. The minimum absolute atomic E-state index is 0.425. The van der Waals surface area contributed by atoms with Crippen molar-refractivity contribution in [2.75, 3.05) is 0 Å². The first kappa shape index (κ1) is 44.5. The number of rotatable bonds is 5. The van der Waals surface area contributed by atoms with Gasteiger partial charge in [0.15, 0.2) is 0 Å². The van der Waals surface area contributed by atoms with Crippen molar-refractivity contribution < 1.29 is 0 Å². The van der Waals surface area contributed by atoms with Gasteiger partial charge < -0.3 is 0 Å². The Hall–Kier alpha value is -4.53. The second-order valence-electron chi connectivity index (χ2n) is 14.3. The van der Waals surface area contributed by atoms with Gasteiger partial charge in [-0.3, -0.25) is 4.98 Å². The summed E-state index contributed by atoms with van der Waals surface area (Å²) in [6.45, 7) is 33.2. The summed E-state index contributed by atoms with van der Waals surface area (Å²) < 4.78 is 0. The molecule has 276 valence electrons. The minimum atomic E-state index is 0.425. The van der Waals surface area contributed by atoms with E-state index >= 15 is 0 Å². The molecule has 5 aromatic rings. The van der Waals surface area contributed by atoms with Crippen molar-refractivity contribution in [3.05, 3.63) is 124 Å². The molecule has 0 amide bonds. The highest BCUT2D eigenvalue weighted by atomic mass is 14.9. The van der Waals surface area contributed by atoms with E-state index in [1.54, 1.807) is 18.6 Å². The van der Waals surface area contributed by atoms with Crippen molar-refractivity contribution in [1.29, 1.82) is 0 Å². The highest BCUT2D eigenvalue weighted by Gasteiger charge is 2.04. The zero-order valence-corrected chi connectivity index (χ0v) is 34.2. The molecule has 0 bridgehead atoms. The van der Waals surface area contributed by atoms with Crippen molar-refractivity contribution in [1.82, 2.24) is 44.9 Å². The molecule has 0 spiro atoms. The molecule has 0 atom stereocenters. The molecule has 0 saturated heterocycles. The summed E-state index contributed by atoms with van der Waals surface area (Å²) >= 11 is 0. The molecule has 0 radical (unpaired) electrons. The SMILES string of the molecule is CC(C)c1ncccn1.Cc1cc(C)nc(C(C)C)c1.Cc1ccnc(C(C)C)n1.Cc1cnc(C(C)C)nc1.Cc1cnc(C(C)C)nc1C. The van der Waals surface area contributed by atoms with Crippen LogP contribution in [0.3, 0.4) is 0 Å². The molecular weight excluding hydrogens is 631 g/mol. The Morgan fingerprint density at radius 2 is 0.882 bits per heavy atom. The molecule has 5 aromatic heterocycles. The van der Waals surface area contributed by atoms with Gasteiger partial charge in [0.05, 0.1) is 0 Å². The molecule has 5 rings (SSSR count). The Morgan fingerprint density at radius 3 is 1.29 bits per heavy atom. The van der Waals surface area contributed by atoms with Crippen LogP contribution in [0.15, 0.2) is 61.4 Å². The van der Waals surface area contributed by atoms with Crippen LogP contribution in [0.1, 0.15) is 162 Å². The van der Waals surface area contributed by atoms with Crippen LogP contribution in [0.25, 0.3) is 0 Å². The molecule has 5 heterocycles. The maximum absolute atomic E-state index is 4.43. The van der Waals surface area contributed by atoms with Crippen LogP contribution < -0.4 is 0 Å². The summed E-state index contributed by atoms with van der Waals surface area (Å²) in [4.78, 5) is 37.9. The van der Waals surface area contributed by atoms with Crippen LogP contribution in [0.2, 0.25) is 0 Å². The lowest BCUT2D eigenvalue weighted by molar-refractivity contribution is 0.762. The maximum Gasteiger partial charge on any atom is 0.131 e. The van der Waals surface area contributed by atoms with Crippen LogP contribution in [0.5, 0.6) is 0 Å². The quantitative estimate of drug-likeness (QED) is 0.177. The number of aromatic nitrogens is 9. The lowest BCUT2D eigenvalue weighted by atomic mass is 10.1. The van der Waals surface area contributed by atoms with Gasteiger partial charge in [-0.15, -0.1) is 0 Å². The third-order valence-corrected chi connectivity index (χ3v) is 7.22. The molecule has 0 aliphatic heterocycles. The topological polar surface area (TPSA) is 116 Å². The number of nitrogens with zero attached hydrogens (tertiary/aromatic N) is 9. The number of aryl methyl sites for hydroxylation is 6. The largest absolute Gasteiger partial charge is 0.258 e. The standard InChI is InChI=1S/C10H15N.C9H14N2.2C8H12N2.C7H10N2/c1-7(2)10-6-8(3)5-9(4)11-10;1-6(2)9-10-5-7(3)8(4)11-9;1-6(2)8-9-4-7(3)5-10-8;1-6(2)8-9-5-4-7(3)10-8;1-6(2)7-8-4-3-5-9-7/h5-7H,1-4H3;5-6H,1-4H3;2*4-6H,1-3H3;3-6H,1-2H3. The highest BCUT2D eigenvalue weighted by molar-refractivity contribution is 5.21. The fraction of sp³-hybridized carbons (Fsp3) is 0.500. The summed E-state index contributed by atoms with van der Waals surface area (Å²) in [5, 5.41) is 0. The van der Waals surface area contributed by atoms with E-state index in [2.05, 4.69) is 133 Å². The lowest BCUT2D eigenvalue weighted by Gasteiger charge is -2.06. The highest BCUT2D eigenvalue weighted by Crippen LogP contribution is 2.14. The molecular formula is C42H63N9. The molecule has 9 heteroatoms. The van der Waals surface area contributed by atoms with Gasteiger partial charge >= 0.3 is 0 Å². The van der Waals surface area contributed by atoms with Crippen LogP contribution in [0, 0.1) is 41.5 Å². The van der Waals surface area contributed by atoms with E-state index < -0.39 is 0 Å². The maximum atomic E-state index is 4.43. The molecule has 0 aliphatic rings. The molecule has 51 heavy (non-hydrogen) atoms. The normalized spacial score (nSPS) is 10.5. The van der Waals surface area contributed by atoms with Gasteiger partial charge in [0.2, 0.25) is 0 Å². The van der Waals surface area contributed by atoms with Gasteiger partial charge in [0.1, 0.15) is 23.3 Å². The first-order valence-corrected chi connectivity index (χ1v) is 18.0. The smallest absolute Gasteiger partial charge is 0.131 e. The third kappa shape index (κ3) is 18.3. The molecule has 0 aromatic carbocycles.